The van der Waals surface area contributed by atoms with Gasteiger partial charge in [-0.15, -0.1) is 0 Å². The number of benzene rings is 2. The second kappa shape index (κ2) is 8.34. The quantitative estimate of drug-likeness (QED) is 0.713. The minimum Gasteiger partial charge on any atom is -0.497 e. The molecule has 0 aliphatic carbocycles. The Kier molecular flexibility index (Phi) is 6.19. The summed E-state index contributed by atoms with van der Waals surface area (Å²) in [4.78, 5) is 14.4. The number of amides is 1. The van der Waals surface area contributed by atoms with Gasteiger partial charge in [0.05, 0.1) is 7.11 Å². The van der Waals surface area contributed by atoms with Crippen molar-refractivity contribution in [2.75, 3.05) is 20.7 Å². The van der Waals surface area contributed by atoms with Gasteiger partial charge < -0.3 is 9.64 Å². The zero-order valence-corrected chi connectivity index (χ0v) is 14.7. The molecule has 1 atom stereocenters. The molecule has 3 nitrogen and oxygen atoms in total. The first-order chi connectivity index (χ1) is 11.5. The Labute approximate surface area is 144 Å². The van der Waals surface area contributed by atoms with Crippen LogP contribution in [0.3, 0.4) is 0 Å². The van der Waals surface area contributed by atoms with Crippen molar-refractivity contribution < 1.29 is 9.53 Å². The molecule has 0 saturated heterocycles. The fraction of sp³-hybridized carbons (Fsp3) is 0.286. The number of methoxy groups -OCH3 is 1. The summed E-state index contributed by atoms with van der Waals surface area (Å²) < 4.78 is 5.23. The lowest BCUT2D eigenvalue weighted by atomic mass is 9.88. The second-order valence-electron chi connectivity index (χ2n) is 6.15. The van der Waals surface area contributed by atoms with E-state index in [1.165, 1.54) is 0 Å². The molecule has 0 aromatic heterocycles. The molecule has 24 heavy (non-hydrogen) atoms. The zero-order valence-electron chi connectivity index (χ0n) is 14.7. The molecule has 0 saturated carbocycles. The number of nitrogens with zero attached hydrogens (tertiary/aromatic N) is 1. The van der Waals surface area contributed by atoms with Crippen LogP contribution in [-0.4, -0.2) is 31.5 Å². The topological polar surface area (TPSA) is 29.5 Å². The first kappa shape index (κ1) is 17.8. The van der Waals surface area contributed by atoms with Gasteiger partial charge in [0.2, 0.25) is 5.91 Å². The van der Waals surface area contributed by atoms with Gasteiger partial charge in [-0.2, -0.15) is 0 Å². The first-order valence-corrected chi connectivity index (χ1v) is 8.08. The maximum Gasteiger partial charge on any atom is 0.223 e. The highest BCUT2D eigenvalue weighted by molar-refractivity contribution is 5.77. The van der Waals surface area contributed by atoms with Gasteiger partial charge in [-0.3, -0.25) is 4.79 Å². The summed E-state index contributed by atoms with van der Waals surface area (Å²) in [6.07, 6.45) is 0.431. The van der Waals surface area contributed by atoms with Crippen LogP contribution in [-0.2, 0) is 4.79 Å². The number of hydrogen-bond acceptors (Lipinski definition) is 2. The summed E-state index contributed by atoms with van der Waals surface area (Å²) in [5, 5.41) is 0. The Bertz CT molecular complexity index is 677. The molecular formula is C21H25NO2. The van der Waals surface area contributed by atoms with Crippen molar-refractivity contribution in [2.24, 2.45) is 0 Å². The molecular weight excluding hydrogens is 298 g/mol. The summed E-state index contributed by atoms with van der Waals surface area (Å²) in [6, 6.07) is 18.1. The number of rotatable bonds is 7. The minimum atomic E-state index is 0.0252. The third kappa shape index (κ3) is 4.72. The van der Waals surface area contributed by atoms with Crippen LogP contribution < -0.4 is 4.74 Å². The Hall–Kier alpha value is -2.55. The third-order valence-electron chi connectivity index (χ3n) is 4.03. The smallest absolute Gasteiger partial charge is 0.223 e. The molecule has 2 aromatic carbocycles. The van der Waals surface area contributed by atoms with Crippen molar-refractivity contribution in [3.8, 4) is 5.75 Å². The molecule has 2 rings (SSSR count). The van der Waals surface area contributed by atoms with E-state index in [-0.39, 0.29) is 11.8 Å². The molecule has 0 aliphatic rings. The van der Waals surface area contributed by atoms with Crippen LogP contribution in [0.15, 0.2) is 66.7 Å². The highest BCUT2D eigenvalue weighted by Gasteiger charge is 2.20. The van der Waals surface area contributed by atoms with Crippen molar-refractivity contribution in [3.63, 3.8) is 0 Å². The van der Waals surface area contributed by atoms with Crippen LogP contribution in [0, 0.1) is 0 Å². The fourth-order valence-electron chi connectivity index (χ4n) is 2.77. The van der Waals surface area contributed by atoms with E-state index in [0.29, 0.717) is 13.0 Å². The number of carbonyl (C=O) groups excluding carboxylic acids is 1. The molecule has 0 heterocycles. The Morgan fingerprint density at radius 2 is 1.67 bits per heavy atom. The monoisotopic (exact) mass is 323 g/mol. The van der Waals surface area contributed by atoms with Crippen LogP contribution in [0.25, 0.3) is 0 Å². The van der Waals surface area contributed by atoms with Crippen molar-refractivity contribution in [1.29, 1.82) is 0 Å². The largest absolute Gasteiger partial charge is 0.497 e. The predicted molar refractivity (Wildman–Crippen MR) is 98.3 cm³/mol. The normalized spacial score (nSPS) is 11.6. The molecule has 0 aliphatic heterocycles. The molecule has 0 radical (unpaired) electrons. The highest BCUT2D eigenvalue weighted by atomic mass is 16.5. The molecule has 126 valence electrons. The van der Waals surface area contributed by atoms with E-state index < -0.39 is 0 Å². The highest BCUT2D eigenvalue weighted by Crippen LogP contribution is 2.29. The lowest BCUT2D eigenvalue weighted by molar-refractivity contribution is -0.129. The molecule has 0 bridgehead atoms. The van der Waals surface area contributed by atoms with Crippen molar-refractivity contribution in [1.82, 2.24) is 4.90 Å². The van der Waals surface area contributed by atoms with Gasteiger partial charge in [-0.25, -0.2) is 0 Å². The van der Waals surface area contributed by atoms with Gasteiger partial charge in [-0.1, -0.05) is 54.6 Å². The summed E-state index contributed by atoms with van der Waals surface area (Å²) in [6.45, 7) is 6.40. The molecule has 0 spiro atoms. The average Bonchev–Trinajstić information content (AvgIpc) is 2.59. The maximum absolute atomic E-state index is 12.6. The van der Waals surface area contributed by atoms with Gasteiger partial charge in [0.25, 0.3) is 0 Å². The van der Waals surface area contributed by atoms with Crippen molar-refractivity contribution in [3.05, 3.63) is 77.9 Å². The van der Waals surface area contributed by atoms with Crippen molar-refractivity contribution in [2.45, 2.75) is 19.3 Å². The van der Waals surface area contributed by atoms with Gasteiger partial charge in [0.1, 0.15) is 5.75 Å². The average molecular weight is 323 g/mol. The van der Waals surface area contributed by atoms with Crippen LogP contribution in [0.5, 0.6) is 5.75 Å². The molecule has 0 fully saturated rings. The van der Waals surface area contributed by atoms with Crippen LogP contribution in [0.4, 0.5) is 0 Å². The maximum atomic E-state index is 12.6. The van der Waals surface area contributed by atoms with E-state index in [9.17, 15) is 4.79 Å². The zero-order chi connectivity index (χ0) is 17.5. The lowest BCUT2D eigenvalue weighted by Gasteiger charge is -2.23. The summed E-state index contributed by atoms with van der Waals surface area (Å²) in [5.74, 6) is 0.955. The van der Waals surface area contributed by atoms with Crippen LogP contribution in [0.2, 0.25) is 0 Å². The molecule has 1 amide bonds. The lowest BCUT2D eigenvalue weighted by Crippen LogP contribution is -2.29. The van der Waals surface area contributed by atoms with E-state index >= 15 is 0 Å². The van der Waals surface area contributed by atoms with Crippen LogP contribution >= 0.6 is 0 Å². The second-order valence-corrected chi connectivity index (χ2v) is 6.15. The number of ether oxygens (including phenoxy) is 1. The number of likely N-dealkylation sites (N-methyl/N-ethyl adjacent to an activating group) is 1. The van der Waals surface area contributed by atoms with Crippen molar-refractivity contribution >= 4 is 5.91 Å². The van der Waals surface area contributed by atoms with Gasteiger partial charge in [-0.05, 0) is 30.2 Å². The predicted octanol–water partition coefficient (Wildman–Crippen LogP) is 4.25. The molecule has 0 N–H and O–H groups in total. The van der Waals surface area contributed by atoms with Crippen LogP contribution in [0.1, 0.15) is 30.4 Å². The molecule has 3 heteroatoms. The Balaban J connectivity index is 2.26. The van der Waals surface area contributed by atoms with E-state index in [2.05, 4.69) is 18.7 Å². The first-order valence-electron chi connectivity index (χ1n) is 8.08. The van der Waals surface area contributed by atoms with Gasteiger partial charge in [0.15, 0.2) is 0 Å². The molecule has 2 aromatic rings. The summed E-state index contributed by atoms with van der Waals surface area (Å²) in [5.41, 5.74) is 3.23. The summed E-state index contributed by atoms with van der Waals surface area (Å²) in [7, 11) is 3.48. The third-order valence-corrected chi connectivity index (χ3v) is 4.03. The standard InChI is InChI=1S/C21H25NO2/c1-16(2)15-22(3)21(23)14-20(17-8-6-5-7-9-17)18-10-12-19(24-4)13-11-18/h5-13,20H,1,14-15H2,2-4H3/t20-/m0/s1. The SMILES string of the molecule is C=C(C)CN(C)C(=O)C[C@@H](c1ccccc1)c1ccc(OC)cc1. The van der Waals surface area contributed by atoms with Gasteiger partial charge >= 0.3 is 0 Å². The van der Waals surface area contributed by atoms with E-state index in [0.717, 1.165) is 22.4 Å². The molecule has 0 unspecified atom stereocenters. The number of hydrogen-bond donors (Lipinski definition) is 0. The minimum absolute atomic E-state index is 0.0252. The van der Waals surface area contributed by atoms with E-state index in [1.807, 2.05) is 56.4 Å². The van der Waals surface area contributed by atoms with Gasteiger partial charge in [0, 0.05) is 25.9 Å². The Morgan fingerprint density at radius 1 is 1.08 bits per heavy atom. The van der Waals surface area contributed by atoms with E-state index in [1.54, 1.807) is 12.0 Å². The van der Waals surface area contributed by atoms with E-state index in [4.69, 9.17) is 4.74 Å². The fourth-order valence-corrected chi connectivity index (χ4v) is 2.77. The summed E-state index contributed by atoms with van der Waals surface area (Å²) >= 11 is 0. The Morgan fingerprint density at radius 3 is 2.21 bits per heavy atom. The number of carbonyl (C=O) groups is 1.